The molecule has 20 heavy (non-hydrogen) atoms. The van der Waals surface area contributed by atoms with Gasteiger partial charge in [-0.3, -0.25) is 10.1 Å². The highest BCUT2D eigenvalue weighted by atomic mass is 16.3. The standard InChI is InChI=1S/C16H24N2O2/c1-12-4-7-14(20-12)11-18-16(8-2-3-9-16)15(19)17-10-13-5-6-13/h4,7,13,18H,2-3,5-6,8-11H2,1H3,(H,17,19). The molecule has 0 saturated heterocycles. The van der Waals surface area contributed by atoms with Crippen LogP contribution in [-0.4, -0.2) is 18.0 Å². The zero-order valence-electron chi connectivity index (χ0n) is 12.2. The number of amides is 1. The van der Waals surface area contributed by atoms with Crippen LogP contribution >= 0.6 is 0 Å². The Hall–Kier alpha value is -1.29. The maximum atomic E-state index is 12.5. The minimum absolute atomic E-state index is 0.185. The first kappa shape index (κ1) is 13.7. The highest BCUT2D eigenvalue weighted by Gasteiger charge is 2.41. The highest BCUT2D eigenvalue weighted by Crippen LogP contribution is 2.32. The summed E-state index contributed by atoms with van der Waals surface area (Å²) < 4.78 is 5.58. The third-order valence-electron chi connectivity index (χ3n) is 4.54. The van der Waals surface area contributed by atoms with E-state index in [1.807, 2.05) is 19.1 Å². The minimum Gasteiger partial charge on any atom is -0.465 e. The summed E-state index contributed by atoms with van der Waals surface area (Å²) in [5.41, 5.74) is -0.379. The van der Waals surface area contributed by atoms with E-state index >= 15 is 0 Å². The van der Waals surface area contributed by atoms with Gasteiger partial charge in [0.05, 0.1) is 12.1 Å². The quantitative estimate of drug-likeness (QED) is 0.839. The molecule has 4 heteroatoms. The van der Waals surface area contributed by atoms with E-state index in [2.05, 4.69) is 10.6 Å². The lowest BCUT2D eigenvalue weighted by Gasteiger charge is -2.28. The molecule has 2 aliphatic rings. The molecule has 1 amide bonds. The highest BCUT2D eigenvalue weighted by molar-refractivity contribution is 5.86. The van der Waals surface area contributed by atoms with E-state index in [1.54, 1.807) is 0 Å². The predicted molar refractivity (Wildman–Crippen MR) is 77.2 cm³/mol. The molecule has 2 saturated carbocycles. The molecule has 0 aliphatic heterocycles. The zero-order chi connectivity index (χ0) is 14.0. The Balaban J connectivity index is 1.59. The van der Waals surface area contributed by atoms with Crippen LogP contribution in [0.2, 0.25) is 0 Å². The van der Waals surface area contributed by atoms with Gasteiger partial charge in [-0.05, 0) is 50.7 Å². The van der Waals surface area contributed by atoms with Crippen LogP contribution in [0.25, 0.3) is 0 Å². The summed E-state index contributed by atoms with van der Waals surface area (Å²) in [7, 11) is 0. The van der Waals surface area contributed by atoms with Crippen LogP contribution in [0.5, 0.6) is 0 Å². The largest absolute Gasteiger partial charge is 0.465 e. The fraction of sp³-hybridized carbons (Fsp3) is 0.688. The van der Waals surface area contributed by atoms with E-state index in [4.69, 9.17) is 4.42 Å². The van der Waals surface area contributed by atoms with Crippen molar-refractivity contribution >= 4 is 5.91 Å². The number of hydrogen-bond donors (Lipinski definition) is 2. The van der Waals surface area contributed by atoms with Gasteiger partial charge in [0, 0.05) is 6.54 Å². The van der Waals surface area contributed by atoms with Gasteiger partial charge in [0.25, 0.3) is 0 Å². The van der Waals surface area contributed by atoms with Gasteiger partial charge >= 0.3 is 0 Å². The molecule has 0 spiro atoms. The lowest BCUT2D eigenvalue weighted by molar-refractivity contribution is -0.127. The minimum atomic E-state index is -0.379. The Bertz CT molecular complexity index is 471. The molecule has 2 N–H and O–H groups in total. The Morgan fingerprint density at radius 3 is 2.70 bits per heavy atom. The number of rotatable bonds is 6. The van der Waals surface area contributed by atoms with Crippen molar-refractivity contribution in [3.63, 3.8) is 0 Å². The molecular formula is C16H24N2O2. The molecule has 0 bridgehead atoms. The fourth-order valence-electron chi connectivity index (χ4n) is 3.03. The lowest BCUT2D eigenvalue weighted by atomic mass is 9.96. The maximum Gasteiger partial charge on any atom is 0.240 e. The summed E-state index contributed by atoms with van der Waals surface area (Å²) in [5.74, 6) is 2.74. The SMILES string of the molecule is Cc1ccc(CNC2(C(=O)NCC3CC3)CCCC2)o1. The Morgan fingerprint density at radius 1 is 1.35 bits per heavy atom. The van der Waals surface area contributed by atoms with Gasteiger partial charge in [-0.2, -0.15) is 0 Å². The monoisotopic (exact) mass is 276 g/mol. The number of aryl methyl sites for hydroxylation is 1. The first-order valence-corrected chi connectivity index (χ1v) is 7.77. The van der Waals surface area contributed by atoms with Crippen LogP contribution in [0.3, 0.4) is 0 Å². The van der Waals surface area contributed by atoms with Crippen molar-refractivity contribution < 1.29 is 9.21 Å². The van der Waals surface area contributed by atoms with E-state index in [-0.39, 0.29) is 11.4 Å². The zero-order valence-corrected chi connectivity index (χ0v) is 12.2. The summed E-state index contributed by atoms with van der Waals surface area (Å²) in [6.45, 7) is 3.42. The van der Waals surface area contributed by atoms with Crippen molar-refractivity contribution in [3.8, 4) is 0 Å². The summed E-state index contributed by atoms with van der Waals surface area (Å²) in [6, 6.07) is 3.94. The average molecular weight is 276 g/mol. The first-order chi connectivity index (χ1) is 9.68. The Morgan fingerprint density at radius 2 is 2.10 bits per heavy atom. The van der Waals surface area contributed by atoms with E-state index in [9.17, 15) is 4.79 Å². The van der Waals surface area contributed by atoms with Crippen LogP contribution < -0.4 is 10.6 Å². The number of furan rings is 1. The Labute approximate surface area is 120 Å². The second-order valence-corrected chi connectivity index (χ2v) is 6.31. The van der Waals surface area contributed by atoms with Crippen LogP contribution in [0.4, 0.5) is 0 Å². The summed E-state index contributed by atoms with van der Waals surface area (Å²) >= 11 is 0. The van der Waals surface area contributed by atoms with Gasteiger partial charge in [0.2, 0.25) is 5.91 Å². The molecule has 0 radical (unpaired) electrons. The molecule has 0 atom stereocenters. The second-order valence-electron chi connectivity index (χ2n) is 6.31. The number of hydrogen-bond acceptors (Lipinski definition) is 3. The molecule has 1 heterocycles. The molecular weight excluding hydrogens is 252 g/mol. The molecule has 1 aromatic heterocycles. The molecule has 0 unspecified atom stereocenters. The van der Waals surface area contributed by atoms with Crippen LogP contribution in [0, 0.1) is 12.8 Å². The Kier molecular flexibility index (Phi) is 3.83. The van der Waals surface area contributed by atoms with E-state index in [0.717, 1.165) is 49.7 Å². The molecule has 1 aromatic rings. The number of carbonyl (C=O) groups excluding carboxylic acids is 1. The number of nitrogens with one attached hydrogen (secondary N) is 2. The summed E-state index contributed by atoms with van der Waals surface area (Å²) in [6.07, 6.45) is 6.66. The molecule has 110 valence electrons. The van der Waals surface area contributed by atoms with Crippen LogP contribution in [-0.2, 0) is 11.3 Å². The molecule has 3 rings (SSSR count). The fourth-order valence-corrected chi connectivity index (χ4v) is 3.03. The van der Waals surface area contributed by atoms with Crippen molar-refractivity contribution in [3.05, 3.63) is 23.7 Å². The predicted octanol–water partition coefficient (Wildman–Crippen LogP) is 2.52. The summed E-state index contributed by atoms with van der Waals surface area (Å²) in [5, 5.41) is 6.60. The van der Waals surface area contributed by atoms with Crippen LogP contribution in [0.1, 0.15) is 50.0 Å². The molecule has 2 fully saturated rings. The van der Waals surface area contributed by atoms with Crippen molar-refractivity contribution in [2.75, 3.05) is 6.54 Å². The van der Waals surface area contributed by atoms with Gasteiger partial charge in [0.15, 0.2) is 0 Å². The topological polar surface area (TPSA) is 54.3 Å². The third kappa shape index (κ3) is 3.06. The normalized spacial score (nSPS) is 21.1. The third-order valence-corrected chi connectivity index (χ3v) is 4.54. The van der Waals surface area contributed by atoms with Gasteiger partial charge in [-0.15, -0.1) is 0 Å². The lowest BCUT2D eigenvalue weighted by Crippen LogP contribution is -2.55. The average Bonchev–Trinajstić information content (AvgIpc) is 2.97. The van der Waals surface area contributed by atoms with Crippen molar-refractivity contribution in [1.29, 1.82) is 0 Å². The molecule has 4 nitrogen and oxygen atoms in total. The molecule has 0 aromatic carbocycles. The van der Waals surface area contributed by atoms with Gasteiger partial charge in [-0.25, -0.2) is 0 Å². The van der Waals surface area contributed by atoms with Gasteiger partial charge in [0.1, 0.15) is 11.5 Å². The first-order valence-electron chi connectivity index (χ1n) is 7.77. The smallest absolute Gasteiger partial charge is 0.240 e. The van der Waals surface area contributed by atoms with Gasteiger partial charge < -0.3 is 9.73 Å². The second kappa shape index (κ2) is 5.60. The van der Waals surface area contributed by atoms with E-state index in [1.165, 1.54) is 12.8 Å². The van der Waals surface area contributed by atoms with E-state index in [0.29, 0.717) is 6.54 Å². The number of carbonyl (C=O) groups is 1. The van der Waals surface area contributed by atoms with Crippen LogP contribution in [0.15, 0.2) is 16.5 Å². The maximum absolute atomic E-state index is 12.5. The van der Waals surface area contributed by atoms with Crippen molar-refractivity contribution in [2.45, 2.75) is 57.5 Å². The summed E-state index contributed by atoms with van der Waals surface area (Å²) in [4.78, 5) is 12.5. The molecule has 2 aliphatic carbocycles. The van der Waals surface area contributed by atoms with Crippen molar-refractivity contribution in [2.24, 2.45) is 5.92 Å². The van der Waals surface area contributed by atoms with Crippen molar-refractivity contribution in [1.82, 2.24) is 10.6 Å². The van der Waals surface area contributed by atoms with Gasteiger partial charge in [-0.1, -0.05) is 12.8 Å². The van der Waals surface area contributed by atoms with E-state index < -0.39 is 0 Å².